The smallest absolute Gasteiger partial charge is 0.340 e. The Balaban J connectivity index is 3.16. The summed E-state index contributed by atoms with van der Waals surface area (Å²) in [6.07, 6.45) is 0. The van der Waals surface area contributed by atoms with Crippen LogP contribution in [0.3, 0.4) is 0 Å². The first-order valence-corrected chi connectivity index (χ1v) is 7.71. The summed E-state index contributed by atoms with van der Waals surface area (Å²) in [4.78, 5) is 21.8. The minimum Gasteiger partial charge on any atom is -0.480 e. The molecule has 1 rings (SSSR count). The Morgan fingerprint density at radius 1 is 1.32 bits per heavy atom. The number of esters is 1. The van der Waals surface area contributed by atoms with Gasteiger partial charge in [0.1, 0.15) is 11.9 Å². The zero-order valence-corrected chi connectivity index (χ0v) is 13.0. The number of methoxy groups -OCH3 is 1. The average Bonchev–Trinajstić information content (AvgIpc) is 2.43. The van der Waals surface area contributed by atoms with Crippen LogP contribution in [0.15, 0.2) is 23.1 Å². The molecule has 0 heterocycles. The number of aliphatic carboxylic acids is 1. The van der Waals surface area contributed by atoms with Crippen molar-refractivity contribution in [3.8, 4) is 0 Å². The molecular weight excluding hydrogens is 317 g/mol. The van der Waals surface area contributed by atoms with Gasteiger partial charge in [-0.2, -0.15) is 4.72 Å². The van der Waals surface area contributed by atoms with Crippen molar-refractivity contribution in [2.45, 2.75) is 24.8 Å². The Morgan fingerprint density at radius 2 is 1.91 bits per heavy atom. The van der Waals surface area contributed by atoms with E-state index in [1.54, 1.807) is 0 Å². The number of rotatable bonds is 6. The van der Waals surface area contributed by atoms with E-state index < -0.39 is 50.2 Å². The molecule has 0 aliphatic rings. The van der Waals surface area contributed by atoms with E-state index in [1.807, 2.05) is 4.72 Å². The van der Waals surface area contributed by atoms with Gasteiger partial charge in [-0.3, -0.25) is 4.79 Å². The standard InChI is InChI=1S/C13H16FNO6S/c1-7(2)11(12(16)17)15-22(19,20)8-4-5-9(10(14)6-8)13(18)21-3/h4-7,11,15H,1-3H3,(H,16,17)/t11-/m0/s1. The quantitative estimate of drug-likeness (QED) is 0.752. The maximum atomic E-state index is 13.8. The van der Waals surface area contributed by atoms with Gasteiger partial charge in [0.25, 0.3) is 0 Å². The average molecular weight is 333 g/mol. The highest BCUT2D eigenvalue weighted by Crippen LogP contribution is 2.17. The Kier molecular flexibility index (Phi) is 5.61. The van der Waals surface area contributed by atoms with Crippen LogP contribution >= 0.6 is 0 Å². The number of nitrogens with one attached hydrogen (secondary N) is 1. The summed E-state index contributed by atoms with van der Waals surface area (Å²) in [5.41, 5.74) is -0.417. The van der Waals surface area contributed by atoms with Gasteiger partial charge in [0.05, 0.1) is 17.6 Å². The van der Waals surface area contributed by atoms with E-state index >= 15 is 0 Å². The van der Waals surface area contributed by atoms with E-state index in [1.165, 1.54) is 13.8 Å². The molecule has 7 nitrogen and oxygen atoms in total. The molecule has 0 unspecified atom stereocenters. The van der Waals surface area contributed by atoms with Gasteiger partial charge < -0.3 is 9.84 Å². The topological polar surface area (TPSA) is 110 Å². The molecule has 0 bridgehead atoms. The van der Waals surface area contributed by atoms with Gasteiger partial charge in [-0.05, 0) is 24.1 Å². The third-order valence-corrected chi connectivity index (χ3v) is 4.31. The molecule has 0 aromatic heterocycles. The summed E-state index contributed by atoms with van der Waals surface area (Å²) >= 11 is 0. The second-order valence-electron chi connectivity index (χ2n) is 4.81. The highest BCUT2D eigenvalue weighted by molar-refractivity contribution is 7.89. The molecule has 22 heavy (non-hydrogen) atoms. The van der Waals surface area contributed by atoms with Crippen LogP contribution in [0.4, 0.5) is 4.39 Å². The minimum absolute atomic E-state index is 0.417. The van der Waals surface area contributed by atoms with E-state index in [0.29, 0.717) is 6.07 Å². The number of sulfonamides is 1. The van der Waals surface area contributed by atoms with E-state index in [2.05, 4.69) is 4.74 Å². The minimum atomic E-state index is -4.24. The molecule has 0 aliphatic heterocycles. The maximum absolute atomic E-state index is 13.8. The van der Waals surface area contributed by atoms with Crippen LogP contribution in [0.5, 0.6) is 0 Å². The Morgan fingerprint density at radius 3 is 2.32 bits per heavy atom. The van der Waals surface area contributed by atoms with Gasteiger partial charge in [0.15, 0.2) is 0 Å². The molecule has 2 N–H and O–H groups in total. The lowest BCUT2D eigenvalue weighted by atomic mass is 10.1. The van der Waals surface area contributed by atoms with Gasteiger partial charge in [-0.15, -0.1) is 0 Å². The first-order valence-electron chi connectivity index (χ1n) is 6.23. The largest absolute Gasteiger partial charge is 0.480 e. The normalized spacial score (nSPS) is 13.0. The Bertz CT molecular complexity index is 686. The molecule has 122 valence electrons. The molecule has 1 aromatic carbocycles. The van der Waals surface area contributed by atoms with Gasteiger partial charge in [-0.25, -0.2) is 17.6 Å². The fourth-order valence-electron chi connectivity index (χ4n) is 1.65. The van der Waals surface area contributed by atoms with Gasteiger partial charge >= 0.3 is 11.9 Å². The van der Waals surface area contributed by atoms with Crippen LogP contribution in [0.25, 0.3) is 0 Å². The maximum Gasteiger partial charge on any atom is 0.340 e. The predicted octanol–water partition coefficient (Wildman–Crippen LogP) is 1.000. The van der Waals surface area contributed by atoms with Gasteiger partial charge in [-0.1, -0.05) is 13.8 Å². The van der Waals surface area contributed by atoms with Crippen molar-refractivity contribution in [1.29, 1.82) is 0 Å². The van der Waals surface area contributed by atoms with E-state index in [9.17, 15) is 22.4 Å². The molecule has 0 radical (unpaired) electrons. The lowest BCUT2D eigenvalue weighted by Crippen LogP contribution is -2.44. The van der Waals surface area contributed by atoms with E-state index in [4.69, 9.17) is 5.11 Å². The highest BCUT2D eigenvalue weighted by atomic mass is 32.2. The monoisotopic (exact) mass is 333 g/mol. The van der Waals surface area contributed by atoms with Crippen molar-refractivity contribution in [1.82, 2.24) is 4.72 Å². The summed E-state index contributed by atoms with van der Waals surface area (Å²) in [6.45, 7) is 3.06. The van der Waals surface area contributed by atoms with Crippen LogP contribution in [0, 0.1) is 11.7 Å². The molecule has 0 saturated carbocycles. The summed E-state index contributed by atoms with van der Waals surface area (Å²) in [7, 11) is -3.18. The van der Waals surface area contributed by atoms with Crippen molar-refractivity contribution in [3.05, 3.63) is 29.6 Å². The Labute approximate surface area is 127 Å². The molecule has 9 heteroatoms. The van der Waals surface area contributed by atoms with Crippen molar-refractivity contribution in [3.63, 3.8) is 0 Å². The van der Waals surface area contributed by atoms with E-state index in [0.717, 1.165) is 19.2 Å². The second-order valence-corrected chi connectivity index (χ2v) is 6.53. The Hall–Kier alpha value is -2.00. The van der Waals surface area contributed by atoms with Crippen LogP contribution in [-0.4, -0.2) is 38.6 Å². The highest BCUT2D eigenvalue weighted by Gasteiger charge is 2.28. The number of carboxylic acid groups (broad SMARTS) is 1. The number of carbonyl (C=O) groups is 2. The van der Waals surface area contributed by atoms with Crippen LogP contribution < -0.4 is 4.72 Å². The summed E-state index contributed by atoms with van der Waals surface area (Å²) < 4.78 is 44.3. The van der Waals surface area contributed by atoms with Gasteiger partial charge in [0, 0.05) is 0 Å². The lowest BCUT2D eigenvalue weighted by Gasteiger charge is -2.18. The predicted molar refractivity (Wildman–Crippen MR) is 74.3 cm³/mol. The third-order valence-electron chi connectivity index (χ3n) is 2.87. The fraction of sp³-hybridized carbons (Fsp3) is 0.385. The van der Waals surface area contributed by atoms with Crippen LogP contribution in [0.1, 0.15) is 24.2 Å². The lowest BCUT2D eigenvalue weighted by molar-refractivity contribution is -0.140. The summed E-state index contributed by atoms with van der Waals surface area (Å²) in [6, 6.07) is 1.24. The molecule has 1 atom stereocenters. The van der Waals surface area contributed by atoms with Crippen LogP contribution in [-0.2, 0) is 19.6 Å². The third kappa shape index (κ3) is 4.01. The first-order chi connectivity index (χ1) is 10.1. The second kappa shape index (κ2) is 6.84. The number of benzene rings is 1. The van der Waals surface area contributed by atoms with E-state index in [-0.39, 0.29) is 0 Å². The number of ether oxygens (including phenoxy) is 1. The zero-order valence-electron chi connectivity index (χ0n) is 12.2. The summed E-state index contributed by atoms with van der Waals surface area (Å²) in [5, 5.41) is 9.00. The van der Waals surface area contributed by atoms with Crippen LogP contribution in [0.2, 0.25) is 0 Å². The van der Waals surface area contributed by atoms with Gasteiger partial charge in [0.2, 0.25) is 10.0 Å². The SMILES string of the molecule is COC(=O)c1ccc(S(=O)(=O)N[C@H](C(=O)O)C(C)C)cc1F. The van der Waals surface area contributed by atoms with Crippen molar-refractivity contribution in [2.75, 3.05) is 7.11 Å². The first kappa shape index (κ1) is 18.1. The number of carbonyl (C=O) groups excluding carboxylic acids is 1. The zero-order chi connectivity index (χ0) is 17.1. The number of hydrogen-bond donors (Lipinski definition) is 2. The number of halogens is 1. The molecule has 0 amide bonds. The molecule has 0 aliphatic carbocycles. The number of hydrogen-bond acceptors (Lipinski definition) is 5. The molecule has 0 fully saturated rings. The summed E-state index contributed by atoms with van der Waals surface area (Å²) in [5.74, 6) is -3.87. The molecular formula is C13H16FNO6S. The van der Waals surface area contributed by atoms with Crippen molar-refractivity contribution in [2.24, 2.45) is 5.92 Å². The van der Waals surface area contributed by atoms with Crippen molar-refractivity contribution < 1.29 is 32.2 Å². The fourth-order valence-corrected chi connectivity index (χ4v) is 2.99. The molecule has 0 saturated heterocycles. The van der Waals surface area contributed by atoms with Crippen molar-refractivity contribution >= 4 is 22.0 Å². The molecule has 0 spiro atoms. The molecule has 1 aromatic rings. The number of carboxylic acids is 1.